The highest BCUT2D eigenvalue weighted by atomic mass is 19.1. The molecule has 1 aromatic carbocycles. The maximum atomic E-state index is 13.2. The van der Waals surface area contributed by atoms with Gasteiger partial charge in [0, 0.05) is 18.0 Å². The average molecular weight is 275 g/mol. The van der Waals surface area contributed by atoms with Crippen molar-refractivity contribution in [3.63, 3.8) is 0 Å². The summed E-state index contributed by atoms with van der Waals surface area (Å²) in [6.45, 7) is 2.92. The lowest BCUT2D eigenvalue weighted by atomic mass is 10.1. The van der Waals surface area contributed by atoms with E-state index in [1.54, 1.807) is 16.7 Å². The van der Waals surface area contributed by atoms with E-state index in [1.165, 1.54) is 43.9 Å². The van der Waals surface area contributed by atoms with Crippen molar-refractivity contribution in [2.24, 2.45) is 0 Å². The van der Waals surface area contributed by atoms with Crippen LogP contribution < -0.4 is 5.56 Å². The molecule has 0 bridgehead atoms. The summed E-state index contributed by atoms with van der Waals surface area (Å²) in [6.07, 6.45) is 7.17. The molecule has 1 heterocycles. The Morgan fingerprint density at radius 2 is 1.75 bits per heavy atom. The van der Waals surface area contributed by atoms with Crippen molar-refractivity contribution in [2.75, 3.05) is 0 Å². The Labute approximate surface area is 119 Å². The van der Waals surface area contributed by atoms with Gasteiger partial charge in [-0.15, -0.1) is 0 Å². The molecule has 0 amide bonds. The minimum Gasteiger partial charge on any atom is -0.308 e. The van der Waals surface area contributed by atoms with Crippen LogP contribution >= 0.6 is 0 Å². The summed E-state index contributed by atoms with van der Waals surface area (Å²) >= 11 is 0. The number of hydrogen-bond acceptors (Lipinski definition) is 1. The number of unbranched alkanes of at least 4 members (excludes halogenated alkanes) is 5. The van der Waals surface area contributed by atoms with Crippen molar-refractivity contribution >= 4 is 10.9 Å². The van der Waals surface area contributed by atoms with Gasteiger partial charge in [0.15, 0.2) is 0 Å². The normalized spacial score (nSPS) is 11.1. The summed E-state index contributed by atoms with van der Waals surface area (Å²) < 4.78 is 15.0. The number of aromatic nitrogens is 1. The Balaban J connectivity index is 2.05. The van der Waals surface area contributed by atoms with Gasteiger partial charge in [-0.25, -0.2) is 4.39 Å². The van der Waals surface area contributed by atoms with E-state index in [0.29, 0.717) is 6.54 Å². The number of fused-ring (bicyclic) bond motifs is 1. The van der Waals surface area contributed by atoms with E-state index in [9.17, 15) is 9.18 Å². The highest BCUT2D eigenvalue weighted by molar-refractivity contribution is 5.78. The first-order chi connectivity index (χ1) is 9.72. The standard InChI is InChI=1S/C17H22FNO/c1-2-3-4-5-6-7-12-19-16-10-9-15(18)13-14(16)8-11-17(19)20/h8-11,13H,2-7,12H2,1H3. The van der Waals surface area contributed by atoms with E-state index >= 15 is 0 Å². The fourth-order valence-corrected chi connectivity index (χ4v) is 2.56. The lowest BCUT2D eigenvalue weighted by Crippen LogP contribution is -2.19. The highest BCUT2D eigenvalue weighted by Crippen LogP contribution is 2.14. The van der Waals surface area contributed by atoms with E-state index in [2.05, 4.69) is 6.92 Å². The molecule has 0 aliphatic carbocycles. The molecule has 0 aliphatic heterocycles. The molecule has 3 heteroatoms. The molecule has 0 N–H and O–H groups in total. The highest BCUT2D eigenvalue weighted by Gasteiger charge is 2.03. The average Bonchev–Trinajstić information content (AvgIpc) is 2.44. The Morgan fingerprint density at radius 3 is 2.55 bits per heavy atom. The summed E-state index contributed by atoms with van der Waals surface area (Å²) in [5.41, 5.74) is 0.824. The van der Waals surface area contributed by atoms with Gasteiger partial charge in [0.25, 0.3) is 5.56 Å². The molecule has 0 radical (unpaired) electrons. The Hall–Kier alpha value is -1.64. The Bertz CT molecular complexity index is 618. The molecule has 2 aromatic rings. The smallest absolute Gasteiger partial charge is 0.251 e. The van der Waals surface area contributed by atoms with Crippen LogP contribution in [0.1, 0.15) is 45.4 Å². The summed E-state index contributed by atoms with van der Waals surface area (Å²) in [7, 11) is 0. The van der Waals surface area contributed by atoms with Crippen LogP contribution in [0.15, 0.2) is 35.1 Å². The molecule has 0 unspecified atom stereocenters. The number of rotatable bonds is 7. The quantitative estimate of drug-likeness (QED) is 0.682. The predicted molar refractivity (Wildman–Crippen MR) is 81.5 cm³/mol. The first-order valence-electron chi connectivity index (χ1n) is 7.51. The molecule has 1 aromatic heterocycles. The van der Waals surface area contributed by atoms with Gasteiger partial charge in [0.2, 0.25) is 0 Å². The molecule has 108 valence electrons. The first-order valence-corrected chi connectivity index (χ1v) is 7.51. The minimum atomic E-state index is -0.262. The number of hydrogen-bond donors (Lipinski definition) is 0. The third-order valence-electron chi connectivity index (χ3n) is 3.69. The maximum absolute atomic E-state index is 13.2. The van der Waals surface area contributed by atoms with Crippen LogP contribution in [0.4, 0.5) is 4.39 Å². The SMILES string of the molecule is CCCCCCCCn1c(=O)ccc2cc(F)ccc21. The fourth-order valence-electron chi connectivity index (χ4n) is 2.56. The zero-order chi connectivity index (χ0) is 14.4. The van der Waals surface area contributed by atoms with Gasteiger partial charge in [-0.05, 0) is 30.7 Å². The lowest BCUT2D eigenvalue weighted by molar-refractivity contribution is 0.558. The molecule has 0 saturated heterocycles. The van der Waals surface area contributed by atoms with Gasteiger partial charge in [-0.2, -0.15) is 0 Å². The van der Waals surface area contributed by atoms with Crippen LogP contribution in [0.5, 0.6) is 0 Å². The molecule has 0 aliphatic rings. The van der Waals surface area contributed by atoms with Gasteiger partial charge in [-0.3, -0.25) is 4.79 Å². The van der Waals surface area contributed by atoms with Gasteiger partial charge >= 0.3 is 0 Å². The fraction of sp³-hybridized carbons (Fsp3) is 0.471. The summed E-state index contributed by atoms with van der Waals surface area (Å²) in [4.78, 5) is 12.0. The molecule has 2 nitrogen and oxygen atoms in total. The van der Waals surface area contributed by atoms with Crippen molar-refractivity contribution in [1.29, 1.82) is 0 Å². The maximum Gasteiger partial charge on any atom is 0.251 e. The molecular weight excluding hydrogens is 253 g/mol. The van der Waals surface area contributed by atoms with E-state index in [0.717, 1.165) is 23.7 Å². The molecule has 20 heavy (non-hydrogen) atoms. The van der Waals surface area contributed by atoms with Crippen LogP contribution in [0, 0.1) is 5.82 Å². The second-order valence-corrected chi connectivity index (χ2v) is 5.29. The van der Waals surface area contributed by atoms with Crippen LogP contribution in [-0.4, -0.2) is 4.57 Å². The van der Waals surface area contributed by atoms with Crippen molar-refractivity contribution in [2.45, 2.75) is 52.0 Å². The van der Waals surface area contributed by atoms with E-state index in [1.807, 2.05) is 0 Å². The second kappa shape index (κ2) is 7.22. The van der Waals surface area contributed by atoms with Crippen molar-refractivity contribution in [3.05, 3.63) is 46.5 Å². The summed E-state index contributed by atoms with van der Waals surface area (Å²) in [5.74, 6) is -0.262. The predicted octanol–water partition coefficient (Wildman–Crippen LogP) is 4.50. The van der Waals surface area contributed by atoms with Crippen LogP contribution in [0.25, 0.3) is 10.9 Å². The third kappa shape index (κ3) is 3.69. The molecule has 0 spiro atoms. The topological polar surface area (TPSA) is 22.0 Å². The van der Waals surface area contributed by atoms with Crippen molar-refractivity contribution in [1.82, 2.24) is 4.57 Å². The monoisotopic (exact) mass is 275 g/mol. The van der Waals surface area contributed by atoms with Gasteiger partial charge in [-0.1, -0.05) is 39.0 Å². The van der Waals surface area contributed by atoms with E-state index in [-0.39, 0.29) is 11.4 Å². The van der Waals surface area contributed by atoms with E-state index in [4.69, 9.17) is 0 Å². The lowest BCUT2D eigenvalue weighted by Gasteiger charge is -2.10. The molecule has 0 fully saturated rings. The number of benzene rings is 1. The molecule has 0 atom stereocenters. The number of aryl methyl sites for hydroxylation is 1. The Kier molecular flexibility index (Phi) is 5.33. The zero-order valence-electron chi connectivity index (χ0n) is 12.1. The zero-order valence-corrected chi connectivity index (χ0v) is 12.1. The molecular formula is C17H22FNO. The number of pyridine rings is 1. The van der Waals surface area contributed by atoms with Gasteiger partial charge in [0.1, 0.15) is 5.82 Å². The van der Waals surface area contributed by atoms with Crippen LogP contribution in [0.3, 0.4) is 0 Å². The summed E-state index contributed by atoms with van der Waals surface area (Å²) in [5, 5.41) is 0.788. The minimum absolute atomic E-state index is 0.00216. The van der Waals surface area contributed by atoms with E-state index < -0.39 is 0 Å². The third-order valence-corrected chi connectivity index (χ3v) is 3.69. The first kappa shape index (κ1) is 14.8. The second-order valence-electron chi connectivity index (χ2n) is 5.29. The Morgan fingerprint density at radius 1 is 1.00 bits per heavy atom. The van der Waals surface area contributed by atoms with Crippen molar-refractivity contribution in [3.8, 4) is 0 Å². The summed E-state index contributed by atoms with van der Waals surface area (Å²) in [6, 6.07) is 7.81. The largest absolute Gasteiger partial charge is 0.308 e. The van der Waals surface area contributed by atoms with Crippen LogP contribution in [-0.2, 0) is 6.54 Å². The van der Waals surface area contributed by atoms with Gasteiger partial charge < -0.3 is 4.57 Å². The molecule has 0 saturated carbocycles. The van der Waals surface area contributed by atoms with Gasteiger partial charge in [0.05, 0.1) is 5.52 Å². The number of nitrogens with zero attached hydrogens (tertiary/aromatic N) is 1. The van der Waals surface area contributed by atoms with Crippen molar-refractivity contribution < 1.29 is 4.39 Å². The van der Waals surface area contributed by atoms with Crippen LogP contribution in [0.2, 0.25) is 0 Å². The number of halogens is 1. The molecule has 2 rings (SSSR count).